The third-order valence-corrected chi connectivity index (χ3v) is 4.76. The van der Waals surface area contributed by atoms with Gasteiger partial charge < -0.3 is 15.0 Å². The van der Waals surface area contributed by atoms with Gasteiger partial charge in [0, 0.05) is 18.5 Å². The van der Waals surface area contributed by atoms with Crippen molar-refractivity contribution < 1.29 is 4.74 Å². The van der Waals surface area contributed by atoms with Crippen molar-refractivity contribution in [2.24, 2.45) is 0 Å². The molecular weight excluding hydrogens is 248 g/mol. The summed E-state index contributed by atoms with van der Waals surface area (Å²) in [6.07, 6.45) is 5.06. The predicted molar refractivity (Wildman–Crippen MR) is 82.4 cm³/mol. The fourth-order valence-electron chi connectivity index (χ4n) is 3.54. The average Bonchev–Trinajstić information content (AvgIpc) is 2.77. The Bertz CT molecular complexity index is 427. The van der Waals surface area contributed by atoms with Crippen molar-refractivity contribution >= 4 is 0 Å². The second-order valence-corrected chi connectivity index (χ2v) is 6.15. The summed E-state index contributed by atoms with van der Waals surface area (Å²) in [6, 6.07) is 9.29. The molecule has 1 aromatic rings. The van der Waals surface area contributed by atoms with Gasteiger partial charge in [0.25, 0.3) is 0 Å². The zero-order valence-corrected chi connectivity index (χ0v) is 12.5. The molecular formula is C17H26N2O. The lowest BCUT2D eigenvalue weighted by molar-refractivity contribution is 0.185. The summed E-state index contributed by atoms with van der Waals surface area (Å²) in [7, 11) is 2.30. The van der Waals surface area contributed by atoms with Crippen LogP contribution >= 0.6 is 0 Å². The van der Waals surface area contributed by atoms with E-state index in [0.717, 1.165) is 31.4 Å². The highest BCUT2D eigenvalue weighted by Crippen LogP contribution is 2.34. The lowest BCUT2D eigenvalue weighted by Gasteiger charge is -2.33. The maximum atomic E-state index is 5.77. The Morgan fingerprint density at radius 3 is 3.05 bits per heavy atom. The van der Waals surface area contributed by atoms with Gasteiger partial charge in [-0.05, 0) is 57.5 Å². The summed E-state index contributed by atoms with van der Waals surface area (Å²) in [6.45, 7) is 4.37. The molecule has 2 unspecified atom stereocenters. The van der Waals surface area contributed by atoms with Crippen LogP contribution in [0.15, 0.2) is 24.3 Å². The number of benzene rings is 1. The zero-order valence-electron chi connectivity index (χ0n) is 12.5. The number of fused-ring (bicyclic) bond motifs is 1. The standard InChI is InChI=1S/C17H26N2O/c1-19(15-5-4-10-18-11-8-15)13-14-9-12-20-17-7-3-2-6-16(14)17/h2-3,6-7,14-15,18H,4-5,8-13H2,1H3. The molecule has 0 bridgehead atoms. The van der Waals surface area contributed by atoms with E-state index in [1.165, 1.54) is 37.9 Å². The van der Waals surface area contributed by atoms with E-state index in [4.69, 9.17) is 4.74 Å². The number of hydrogen-bond donors (Lipinski definition) is 1. The van der Waals surface area contributed by atoms with Crippen LogP contribution in [-0.4, -0.2) is 44.2 Å². The van der Waals surface area contributed by atoms with E-state index >= 15 is 0 Å². The molecule has 2 atom stereocenters. The largest absolute Gasteiger partial charge is 0.493 e. The van der Waals surface area contributed by atoms with Crippen molar-refractivity contribution in [3.05, 3.63) is 29.8 Å². The molecule has 0 spiro atoms. The van der Waals surface area contributed by atoms with Gasteiger partial charge in [0.15, 0.2) is 0 Å². The minimum absolute atomic E-state index is 0.626. The number of nitrogens with one attached hydrogen (secondary N) is 1. The van der Waals surface area contributed by atoms with Gasteiger partial charge in [-0.3, -0.25) is 0 Å². The third-order valence-electron chi connectivity index (χ3n) is 4.76. The number of rotatable bonds is 3. The minimum atomic E-state index is 0.626. The second kappa shape index (κ2) is 6.59. The number of nitrogens with zero attached hydrogens (tertiary/aromatic N) is 1. The molecule has 2 aliphatic rings. The van der Waals surface area contributed by atoms with Crippen LogP contribution < -0.4 is 10.1 Å². The SMILES string of the molecule is CN(CC1CCOc2ccccc21)C1CCCNCC1. The maximum Gasteiger partial charge on any atom is 0.122 e. The highest BCUT2D eigenvalue weighted by molar-refractivity contribution is 5.37. The number of hydrogen-bond acceptors (Lipinski definition) is 3. The van der Waals surface area contributed by atoms with Crippen LogP contribution in [0.4, 0.5) is 0 Å². The molecule has 1 saturated heterocycles. The summed E-state index contributed by atoms with van der Waals surface area (Å²) in [5.74, 6) is 1.72. The van der Waals surface area contributed by atoms with Crippen LogP contribution in [0.2, 0.25) is 0 Å². The van der Waals surface area contributed by atoms with E-state index in [1.54, 1.807) is 0 Å². The Morgan fingerprint density at radius 2 is 2.10 bits per heavy atom. The molecule has 3 rings (SSSR count). The number of para-hydroxylation sites is 1. The first-order valence-corrected chi connectivity index (χ1v) is 7.97. The normalized spacial score (nSPS) is 26.7. The second-order valence-electron chi connectivity index (χ2n) is 6.15. The summed E-state index contributed by atoms with van der Waals surface area (Å²) in [5, 5.41) is 3.50. The Hall–Kier alpha value is -1.06. The molecule has 0 saturated carbocycles. The van der Waals surface area contributed by atoms with Crippen molar-refractivity contribution in [2.75, 3.05) is 33.3 Å². The molecule has 0 radical (unpaired) electrons. The Balaban J connectivity index is 1.65. The van der Waals surface area contributed by atoms with Crippen LogP contribution in [0.5, 0.6) is 5.75 Å². The maximum absolute atomic E-state index is 5.77. The fourth-order valence-corrected chi connectivity index (χ4v) is 3.54. The highest BCUT2D eigenvalue weighted by atomic mass is 16.5. The van der Waals surface area contributed by atoms with Crippen LogP contribution in [-0.2, 0) is 0 Å². The molecule has 110 valence electrons. The van der Waals surface area contributed by atoms with E-state index in [1.807, 2.05) is 0 Å². The van der Waals surface area contributed by atoms with Crippen LogP contribution in [0.3, 0.4) is 0 Å². The zero-order chi connectivity index (χ0) is 13.8. The minimum Gasteiger partial charge on any atom is -0.493 e. The average molecular weight is 274 g/mol. The van der Waals surface area contributed by atoms with Crippen molar-refractivity contribution in [1.29, 1.82) is 0 Å². The summed E-state index contributed by atoms with van der Waals surface area (Å²) < 4.78 is 5.77. The van der Waals surface area contributed by atoms with Gasteiger partial charge in [0.05, 0.1) is 6.61 Å². The van der Waals surface area contributed by atoms with Gasteiger partial charge in [-0.2, -0.15) is 0 Å². The van der Waals surface area contributed by atoms with Gasteiger partial charge in [0.2, 0.25) is 0 Å². The summed E-state index contributed by atoms with van der Waals surface area (Å²) in [4.78, 5) is 2.58. The Morgan fingerprint density at radius 1 is 1.20 bits per heavy atom. The molecule has 20 heavy (non-hydrogen) atoms. The van der Waals surface area contributed by atoms with E-state index in [9.17, 15) is 0 Å². The topological polar surface area (TPSA) is 24.5 Å². The Labute approximate surface area is 122 Å². The summed E-state index contributed by atoms with van der Waals surface area (Å²) >= 11 is 0. The first-order chi connectivity index (χ1) is 9.84. The molecule has 1 aromatic carbocycles. The summed E-state index contributed by atoms with van der Waals surface area (Å²) in [5.41, 5.74) is 1.40. The highest BCUT2D eigenvalue weighted by Gasteiger charge is 2.25. The molecule has 3 heteroatoms. The molecule has 2 aliphatic heterocycles. The number of likely N-dealkylation sites (N-methyl/N-ethyl adjacent to an activating group) is 1. The van der Waals surface area contributed by atoms with Crippen molar-refractivity contribution in [3.8, 4) is 5.75 Å². The quantitative estimate of drug-likeness (QED) is 0.917. The van der Waals surface area contributed by atoms with E-state index < -0.39 is 0 Å². The van der Waals surface area contributed by atoms with Gasteiger partial charge in [0.1, 0.15) is 5.75 Å². The molecule has 0 amide bonds. The fraction of sp³-hybridized carbons (Fsp3) is 0.647. The van der Waals surface area contributed by atoms with Gasteiger partial charge in [-0.1, -0.05) is 18.2 Å². The monoisotopic (exact) mass is 274 g/mol. The lowest BCUT2D eigenvalue weighted by Crippen LogP contribution is -2.36. The van der Waals surface area contributed by atoms with Gasteiger partial charge in [-0.25, -0.2) is 0 Å². The van der Waals surface area contributed by atoms with E-state index in [-0.39, 0.29) is 0 Å². The molecule has 3 nitrogen and oxygen atoms in total. The van der Waals surface area contributed by atoms with Gasteiger partial charge >= 0.3 is 0 Å². The molecule has 2 heterocycles. The molecule has 0 aliphatic carbocycles. The van der Waals surface area contributed by atoms with Crippen molar-refractivity contribution in [3.63, 3.8) is 0 Å². The molecule has 1 fully saturated rings. The third kappa shape index (κ3) is 3.15. The first-order valence-electron chi connectivity index (χ1n) is 7.97. The molecule has 0 aromatic heterocycles. The van der Waals surface area contributed by atoms with Crippen LogP contribution in [0.1, 0.15) is 37.2 Å². The molecule has 1 N–H and O–H groups in total. The van der Waals surface area contributed by atoms with Gasteiger partial charge in [-0.15, -0.1) is 0 Å². The lowest BCUT2D eigenvalue weighted by atomic mass is 9.92. The number of ether oxygens (including phenoxy) is 1. The smallest absolute Gasteiger partial charge is 0.122 e. The Kier molecular flexibility index (Phi) is 4.58. The van der Waals surface area contributed by atoms with Crippen molar-refractivity contribution in [2.45, 2.75) is 37.6 Å². The van der Waals surface area contributed by atoms with E-state index in [0.29, 0.717) is 5.92 Å². The van der Waals surface area contributed by atoms with Crippen molar-refractivity contribution in [1.82, 2.24) is 10.2 Å². The first kappa shape index (κ1) is 13.9. The van der Waals surface area contributed by atoms with Crippen LogP contribution in [0, 0.1) is 0 Å². The van der Waals surface area contributed by atoms with Crippen LogP contribution in [0.25, 0.3) is 0 Å². The van der Waals surface area contributed by atoms with E-state index in [2.05, 4.69) is 41.5 Å². The predicted octanol–water partition coefficient (Wildman–Crippen LogP) is 2.63.